The molecule has 1 rings (SSSR count). The molecule has 2 N–H and O–H groups in total. The number of sulfonamides is 1. The molecule has 0 fully saturated rings. The number of aromatic nitrogens is 2. The molecular weight excluding hydrogens is 264 g/mol. The number of hydrogen-bond donors (Lipinski definition) is 2. The van der Waals surface area contributed by atoms with Crippen LogP contribution in [0, 0.1) is 0 Å². The lowest BCUT2D eigenvalue weighted by atomic mass is 10.4. The highest BCUT2D eigenvalue weighted by Gasteiger charge is 2.22. The van der Waals surface area contributed by atoms with E-state index in [9.17, 15) is 8.42 Å². The molecular formula is C12H24N4O2S. The van der Waals surface area contributed by atoms with Crippen molar-refractivity contribution in [3.05, 3.63) is 18.5 Å². The third-order valence-electron chi connectivity index (χ3n) is 2.77. The van der Waals surface area contributed by atoms with E-state index < -0.39 is 15.3 Å². The van der Waals surface area contributed by atoms with Crippen LogP contribution in [-0.4, -0.2) is 42.6 Å². The maximum absolute atomic E-state index is 12.1. The predicted octanol–water partition coefficient (Wildman–Crippen LogP) is 0.579. The summed E-state index contributed by atoms with van der Waals surface area (Å²) in [6.45, 7) is 7.44. The second-order valence-electron chi connectivity index (χ2n) is 4.81. The molecule has 1 heterocycles. The number of rotatable bonds is 9. The van der Waals surface area contributed by atoms with Crippen molar-refractivity contribution < 1.29 is 8.42 Å². The molecule has 6 nitrogen and oxygen atoms in total. The normalized spacial score (nSPS) is 15.3. The molecule has 0 aliphatic heterocycles. The van der Waals surface area contributed by atoms with Crippen LogP contribution >= 0.6 is 0 Å². The fourth-order valence-corrected chi connectivity index (χ4v) is 2.92. The van der Waals surface area contributed by atoms with Gasteiger partial charge in [-0.25, -0.2) is 13.1 Å². The molecule has 19 heavy (non-hydrogen) atoms. The summed E-state index contributed by atoms with van der Waals surface area (Å²) in [5.41, 5.74) is 0. The number of nitrogens with one attached hydrogen (secondary N) is 2. The Kier molecular flexibility index (Phi) is 6.47. The van der Waals surface area contributed by atoms with Gasteiger partial charge < -0.3 is 5.32 Å². The topological polar surface area (TPSA) is 76.0 Å². The highest BCUT2D eigenvalue weighted by molar-refractivity contribution is 7.90. The van der Waals surface area contributed by atoms with Crippen LogP contribution in [0.2, 0.25) is 0 Å². The van der Waals surface area contributed by atoms with E-state index in [1.165, 1.54) is 0 Å². The van der Waals surface area contributed by atoms with E-state index in [-0.39, 0.29) is 6.04 Å². The maximum atomic E-state index is 12.1. The Balaban J connectivity index is 2.44. The highest BCUT2D eigenvalue weighted by Crippen LogP contribution is 2.00. The average molecular weight is 288 g/mol. The van der Waals surface area contributed by atoms with Crippen molar-refractivity contribution in [2.75, 3.05) is 13.1 Å². The van der Waals surface area contributed by atoms with Crippen LogP contribution in [-0.2, 0) is 16.6 Å². The van der Waals surface area contributed by atoms with Gasteiger partial charge in [0.05, 0.1) is 11.8 Å². The summed E-state index contributed by atoms with van der Waals surface area (Å²) >= 11 is 0. The van der Waals surface area contributed by atoms with Gasteiger partial charge in [-0.3, -0.25) is 4.68 Å². The molecule has 0 radical (unpaired) electrons. The number of nitrogens with zero attached hydrogens (tertiary/aromatic N) is 2. The molecule has 0 saturated heterocycles. The van der Waals surface area contributed by atoms with Gasteiger partial charge in [0, 0.05) is 25.0 Å². The van der Waals surface area contributed by atoms with Gasteiger partial charge in [-0.1, -0.05) is 6.92 Å². The summed E-state index contributed by atoms with van der Waals surface area (Å²) in [5, 5.41) is 6.74. The lowest BCUT2D eigenvalue weighted by Gasteiger charge is -2.19. The largest absolute Gasteiger partial charge is 0.315 e. The van der Waals surface area contributed by atoms with Gasteiger partial charge in [0.25, 0.3) is 0 Å². The first-order valence-electron chi connectivity index (χ1n) is 6.65. The molecule has 2 atom stereocenters. The molecule has 0 saturated carbocycles. The van der Waals surface area contributed by atoms with Gasteiger partial charge >= 0.3 is 0 Å². The van der Waals surface area contributed by atoms with E-state index in [1.54, 1.807) is 17.8 Å². The monoisotopic (exact) mass is 288 g/mol. The van der Waals surface area contributed by atoms with Crippen molar-refractivity contribution in [3.8, 4) is 0 Å². The van der Waals surface area contributed by atoms with Crippen LogP contribution in [0.25, 0.3) is 0 Å². The van der Waals surface area contributed by atoms with Gasteiger partial charge in [0.15, 0.2) is 0 Å². The second kappa shape index (κ2) is 7.62. The molecule has 0 bridgehead atoms. The maximum Gasteiger partial charge on any atom is 0.215 e. The van der Waals surface area contributed by atoms with Crippen molar-refractivity contribution in [1.82, 2.24) is 19.8 Å². The van der Waals surface area contributed by atoms with Crippen LogP contribution in [0.4, 0.5) is 0 Å². The van der Waals surface area contributed by atoms with Crippen LogP contribution in [0.1, 0.15) is 27.2 Å². The summed E-state index contributed by atoms with van der Waals surface area (Å²) in [7, 11) is -3.30. The second-order valence-corrected chi connectivity index (χ2v) is 6.94. The Morgan fingerprint density at radius 2 is 2.11 bits per heavy atom. The Labute approximate surface area is 115 Å². The molecule has 110 valence electrons. The Morgan fingerprint density at radius 3 is 2.68 bits per heavy atom. The minimum atomic E-state index is -3.30. The van der Waals surface area contributed by atoms with E-state index in [1.807, 2.05) is 19.2 Å². The van der Waals surface area contributed by atoms with Crippen LogP contribution < -0.4 is 10.0 Å². The summed E-state index contributed by atoms with van der Waals surface area (Å²) in [4.78, 5) is 0. The quantitative estimate of drug-likeness (QED) is 0.652. The van der Waals surface area contributed by atoms with Crippen LogP contribution in [0.15, 0.2) is 18.5 Å². The van der Waals surface area contributed by atoms with E-state index in [4.69, 9.17) is 0 Å². The van der Waals surface area contributed by atoms with E-state index in [0.29, 0.717) is 13.1 Å². The summed E-state index contributed by atoms with van der Waals surface area (Å²) in [6.07, 6.45) is 4.49. The number of hydrogen-bond acceptors (Lipinski definition) is 4. The lowest BCUT2D eigenvalue weighted by molar-refractivity contribution is 0.487. The minimum absolute atomic E-state index is 0.182. The Hall–Kier alpha value is -0.920. The first-order chi connectivity index (χ1) is 8.95. The molecule has 0 aromatic carbocycles. The van der Waals surface area contributed by atoms with Gasteiger partial charge in [-0.05, 0) is 32.9 Å². The van der Waals surface area contributed by atoms with Crippen molar-refractivity contribution in [2.24, 2.45) is 0 Å². The van der Waals surface area contributed by atoms with Gasteiger partial charge in [0.2, 0.25) is 10.0 Å². The summed E-state index contributed by atoms with van der Waals surface area (Å²) in [6, 6.07) is 1.64. The smallest absolute Gasteiger partial charge is 0.215 e. The Morgan fingerprint density at radius 1 is 1.37 bits per heavy atom. The fraction of sp³-hybridized carbons (Fsp3) is 0.750. The molecule has 7 heteroatoms. The molecule has 2 unspecified atom stereocenters. The van der Waals surface area contributed by atoms with Crippen molar-refractivity contribution >= 4 is 10.0 Å². The molecule has 1 aromatic rings. The van der Waals surface area contributed by atoms with Crippen LogP contribution in [0.5, 0.6) is 0 Å². The van der Waals surface area contributed by atoms with Gasteiger partial charge in [-0.2, -0.15) is 5.10 Å². The third-order valence-corrected chi connectivity index (χ3v) is 4.73. The van der Waals surface area contributed by atoms with Crippen molar-refractivity contribution in [2.45, 2.75) is 45.0 Å². The first-order valence-corrected chi connectivity index (χ1v) is 8.19. The molecule has 0 aliphatic carbocycles. The third kappa shape index (κ3) is 5.71. The molecule has 0 aliphatic rings. The standard InChI is InChI=1S/C12H24N4O2S/c1-4-6-13-9-12(3)19(17,18)15-11(2)10-16-8-5-7-14-16/h5,7-8,11-13,15H,4,6,9-10H2,1-3H3. The predicted molar refractivity (Wildman–Crippen MR) is 76.4 cm³/mol. The van der Waals surface area contributed by atoms with E-state index in [0.717, 1.165) is 13.0 Å². The van der Waals surface area contributed by atoms with Crippen molar-refractivity contribution in [3.63, 3.8) is 0 Å². The Bertz CT molecular complexity index is 444. The highest BCUT2D eigenvalue weighted by atomic mass is 32.2. The van der Waals surface area contributed by atoms with E-state index in [2.05, 4.69) is 22.1 Å². The van der Waals surface area contributed by atoms with Gasteiger partial charge in [0.1, 0.15) is 0 Å². The minimum Gasteiger partial charge on any atom is -0.315 e. The summed E-state index contributed by atoms with van der Waals surface area (Å²) in [5.74, 6) is 0. The van der Waals surface area contributed by atoms with Crippen molar-refractivity contribution in [1.29, 1.82) is 0 Å². The molecule has 0 spiro atoms. The van der Waals surface area contributed by atoms with E-state index >= 15 is 0 Å². The molecule has 0 amide bonds. The van der Waals surface area contributed by atoms with Crippen LogP contribution in [0.3, 0.4) is 0 Å². The molecule has 1 aromatic heterocycles. The fourth-order valence-electron chi connectivity index (χ4n) is 1.71. The zero-order valence-electron chi connectivity index (χ0n) is 11.8. The lowest BCUT2D eigenvalue weighted by Crippen LogP contribution is -2.44. The van der Waals surface area contributed by atoms with Gasteiger partial charge in [-0.15, -0.1) is 0 Å². The zero-order valence-corrected chi connectivity index (χ0v) is 12.7. The first kappa shape index (κ1) is 16.1. The average Bonchev–Trinajstić information content (AvgIpc) is 2.81. The zero-order chi connectivity index (χ0) is 14.3. The SMILES string of the molecule is CCCNCC(C)S(=O)(=O)NC(C)Cn1cccn1. The summed E-state index contributed by atoms with van der Waals surface area (Å²) < 4.78 is 28.6.